The van der Waals surface area contributed by atoms with E-state index in [-0.39, 0.29) is 11.7 Å². The van der Waals surface area contributed by atoms with Crippen LogP contribution >= 0.6 is 0 Å². The summed E-state index contributed by atoms with van der Waals surface area (Å²) in [7, 11) is 16.1. The van der Waals surface area contributed by atoms with Gasteiger partial charge < -0.3 is 4.90 Å². The van der Waals surface area contributed by atoms with Crippen molar-refractivity contribution >= 4 is 32.4 Å². The van der Waals surface area contributed by atoms with Crippen molar-refractivity contribution in [2.75, 3.05) is 20.6 Å². The zero-order valence-corrected chi connectivity index (χ0v) is 13.0. The number of hydrogen-bond acceptors (Lipinski definition) is 2. The number of hydrogen-bond donors (Lipinski definition) is 0. The molecule has 102 valence electrons. The lowest BCUT2D eigenvalue weighted by atomic mass is 9.74. The first-order valence-corrected chi connectivity index (χ1v) is 6.79. The first kappa shape index (κ1) is 16.8. The Morgan fingerprint density at radius 1 is 1.35 bits per heavy atom. The SMILES string of the molecule is [B]c1cc(C(C)C)c([B])c(C)c1C(=O)/C=C\CN(C)C. The van der Waals surface area contributed by atoms with Crippen LogP contribution in [0.5, 0.6) is 0 Å². The Balaban J connectivity index is 3.17. The summed E-state index contributed by atoms with van der Waals surface area (Å²) in [4.78, 5) is 14.2. The van der Waals surface area contributed by atoms with Gasteiger partial charge in [0, 0.05) is 12.1 Å². The maximum atomic E-state index is 12.3. The molecule has 0 fully saturated rings. The molecule has 1 aromatic rings. The lowest BCUT2D eigenvalue weighted by molar-refractivity contribution is 0.104. The van der Waals surface area contributed by atoms with Crippen LogP contribution in [0.15, 0.2) is 18.2 Å². The molecule has 4 heteroatoms. The first-order chi connectivity index (χ1) is 9.25. The quantitative estimate of drug-likeness (QED) is 0.450. The molecule has 0 unspecified atom stereocenters. The molecule has 4 radical (unpaired) electrons. The highest BCUT2D eigenvalue weighted by molar-refractivity contribution is 6.41. The number of nitrogens with zero attached hydrogens (tertiary/aromatic N) is 1. The number of carbonyl (C=O) groups excluding carboxylic acids is 1. The van der Waals surface area contributed by atoms with E-state index in [4.69, 9.17) is 15.7 Å². The van der Waals surface area contributed by atoms with Gasteiger partial charge in [-0.25, -0.2) is 0 Å². The van der Waals surface area contributed by atoms with Crippen molar-refractivity contribution in [3.63, 3.8) is 0 Å². The lowest BCUT2D eigenvalue weighted by Gasteiger charge is -2.18. The van der Waals surface area contributed by atoms with Gasteiger partial charge in [-0.3, -0.25) is 4.79 Å². The monoisotopic (exact) mass is 265 g/mol. The van der Waals surface area contributed by atoms with Gasteiger partial charge >= 0.3 is 0 Å². The average molecular weight is 265 g/mol. The smallest absolute Gasteiger partial charge is 0.185 e. The van der Waals surface area contributed by atoms with E-state index in [0.29, 0.717) is 23.0 Å². The number of ketones is 1. The Labute approximate surface area is 125 Å². The third-order valence-electron chi connectivity index (χ3n) is 3.30. The van der Waals surface area contributed by atoms with Crippen LogP contribution in [0.1, 0.15) is 41.3 Å². The minimum Gasteiger partial charge on any atom is -0.306 e. The average Bonchev–Trinajstić information content (AvgIpc) is 2.33. The summed E-state index contributed by atoms with van der Waals surface area (Å²) in [5.41, 5.74) is 3.45. The number of likely N-dealkylation sites (N-methyl/N-ethyl adjacent to an activating group) is 1. The lowest BCUT2D eigenvalue weighted by Crippen LogP contribution is -2.28. The molecule has 20 heavy (non-hydrogen) atoms. The summed E-state index contributed by atoms with van der Waals surface area (Å²) in [5.74, 6) is 0.188. The van der Waals surface area contributed by atoms with Crippen LogP contribution in [0.25, 0.3) is 0 Å². The highest BCUT2D eigenvalue weighted by Crippen LogP contribution is 2.14. The van der Waals surface area contributed by atoms with Crippen molar-refractivity contribution in [1.82, 2.24) is 4.90 Å². The van der Waals surface area contributed by atoms with E-state index in [0.717, 1.165) is 11.1 Å². The molecule has 0 aromatic heterocycles. The van der Waals surface area contributed by atoms with Crippen LogP contribution in [0.4, 0.5) is 0 Å². The molecular weight excluding hydrogens is 244 g/mol. The Bertz CT molecular complexity index is 534. The molecule has 0 saturated carbocycles. The predicted molar refractivity (Wildman–Crippen MR) is 88.1 cm³/mol. The van der Waals surface area contributed by atoms with Crippen LogP contribution in [0.3, 0.4) is 0 Å². The van der Waals surface area contributed by atoms with Crippen molar-refractivity contribution in [2.45, 2.75) is 26.7 Å². The standard InChI is InChI=1S/C16H21B2NO/c1-10(2)12-9-13(17)15(11(3)16(12)18)14(20)7-6-8-19(4)5/h6-7,9-10H,8H2,1-5H3/b7-6-. The highest BCUT2D eigenvalue weighted by atomic mass is 16.1. The first-order valence-electron chi connectivity index (χ1n) is 6.79. The fourth-order valence-electron chi connectivity index (χ4n) is 2.14. The largest absolute Gasteiger partial charge is 0.306 e. The Hall–Kier alpha value is -1.28. The van der Waals surface area contributed by atoms with Gasteiger partial charge in [-0.2, -0.15) is 0 Å². The van der Waals surface area contributed by atoms with Crippen molar-refractivity contribution < 1.29 is 4.79 Å². The van der Waals surface area contributed by atoms with Gasteiger partial charge in [0.15, 0.2) is 5.78 Å². The molecular formula is C16H21B2NO. The van der Waals surface area contributed by atoms with Crippen LogP contribution in [-0.4, -0.2) is 47.0 Å². The van der Waals surface area contributed by atoms with Gasteiger partial charge in [-0.15, -0.1) is 0 Å². The van der Waals surface area contributed by atoms with Crippen LogP contribution < -0.4 is 10.9 Å². The maximum Gasteiger partial charge on any atom is 0.185 e. The van der Waals surface area contributed by atoms with Crippen LogP contribution in [0, 0.1) is 6.92 Å². The van der Waals surface area contributed by atoms with Crippen molar-refractivity contribution in [3.8, 4) is 0 Å². The third kappa shape index (κ3) is 3.86. The molecule has 2 nitrogen and oxygen atoms in total. The maximum absolute atomic E-state index is 12.3. The number of rotatable bonds is 5. The van der Waals surface area contributed by atoms with Gasteiger partial charge in [0.1, 0.15) is 15.7 Å². The van der Waals surface area contributed by atoms with E-state index >= 15 is 0 Å². The van der Waals surface area contributed by atoms with Crippen molar-refractivity contribution in [2.24, 2.45) is 0 Å². The zero-order valence-electron chi connectivity index (χ0n) is 13.0. The van der Waals surface area contributed by atoms with Crippen molar-refractivity contribution in [1.29, 1.82) is 0 Å². The van der Waals surface area contributed by atoms with E-state index in [1.165, 1.54) is 0 Å². The fourth-order valence-corrected chi connectivity index (χ4v) is 2.14. The van der Waals surface area contributed by atoms with Gasteiger partial charge in [-0.1, -0.05) is 42.5 Å². The zero-order chi connectivity index (χ0) is 15.4. The predicted octanol–water partition coefficient (Wildman–Crippen LogP) is 1.01. The number of benzene rings is 1. The summed E-state index contributed by atoms with van der Waals surface area (Å²) in [5, 5.41) is 0. The van der Waals surface area contributed by atoms with Gasteiger partial charge in [0.25, 0.3) is 0 Å². The van der Waals surface area contributed by atoms with Crippen LogP contribution in [-0.2, 0) is 0 Å². The second-order valence-corrected chi connectivity index (χ2v) is 5.65. The Morgan fingerprint density at radius 2 is 1.95 bits per heavy atom. The molecule has 0 N–H and O–H groups in total. The topological polar surface area (TPSA) is 20.3 Å². The second kappa shape index (κ2) is 6.94. The summed E-state index contributed by atoms with van der Waals surface area (Å²) in [6.07, 6.45) is 3.39. The molecule has 0 aliphatic carbocycles. The molecule has 1 rings (SSSR count). The summed E-state index contributed by atoms with van der Waals surface area (Å²) in [6, 6.07) is 1.82. The molecule has 0 bridgehead atoms. The molecule has 0 saturated heterocycles. The van der Waals surface area contributed by atoms with Gasteiger partial charge in [-0.05, 0) is 38.6 Å². The molecule has 0 aliphatic rings. The van der Waals surface area contributed by atoms with E-state index in [1.807, 2.05) is 38.1 Å². The van der Waals surface area contributed by atoms with Gasteiger partial charge in [0.05, 0.1) is 0 Å². The van der Waals surface area contributed by atoms with Gasteiger partial charge in [0.2, 0.25) is 0 Å². The van der Waals surface area contributed by atoms with E-state index < -0.39 is 0 Å². The summed E-state index contributed by atoms with van der Waals surface area (Å²) in [6.45, 7) is 6.68. The van der Waals surface area contributed by atoms with E-state index in [1.54, 1.807) is 6.08 Å². The molecule has 0 amide bonds. The fraction of sp³-hybridized carbons (Fsp3) is 0.438. The molecule has 0 heterocycles. The summed E-state index contributed by atoms with van der Waals surface area (Å²) >= 11 is 0. The third-order valence-corrected chi connectivity index (χ3v) is 3.30. The number of allylic oxidation sites excluding steroid dienone is 1. The summed E-state index contributed by atoms with van der Waals surface area (Å²) < 4.78 is 0. The number of carbonyl (C=O) groups is 1. The molecule has 0 atom stereocenters. The van der Waals surface area contributed by atoms with E-state index in [9.17, 15) is 4.79 Å². The molecule has 1 aromatic carbocycles. The van der Waals surface area contributed by atoms with E-state index in [2.05, 4.69) is 13.8 Å². The molecule has 0 aliphatic heterocycles. The Morgan fingerprint density at radius 3 is 2.45 bits per heavy atom. The van der Waals surface area contributed by atoms with Crippen LogP contribution in [0.2, 0.25) is 0 Å². The minimum absolute atomic E-state index is 0.0937. The normalized spacial score (nSPS) is 11.8. The second-order valence-electron chi connectivity index (χ2n) is 5.65. The Kier molecular flexibility index (Phi) is 5.82. The minimum atomic E-state index is -0.0937. The van der Waals surface area contributed by atoms with Crippen molar-refractivity contribution in [3.05, 3.63) is 34.9 Å². The highest BCUT2D eigenvalue weighted by Gasteiger charge is 2.15. The molecule has 0 spiro atoms.